The van der Waals surface area contributed by atoms with Crippen LogP contribution in [0.2, 0.25) is 0 Å². The van der Waals surface area contributed by atoms with E-state index in [-0.39, 0.29) is 42.7 Å². The average molecular weight is 323 g/mol. The highest BCUT2D eigenvalue weighted by Gasteiger charge is 2.24. The first kappa shape index (κ1) is 19.2. The van der Waals surface area contributed by atoms with Gasteiger partial charge in [-0.15, -0.1) is 24.8 Å². The Morgan fingerprint density at radius 1 is 1.50 bits per heavy atom. The summed E-state index contributed by atoms with van der Waals surface area (Å²) < 4.78 is 2.03. The van der Waals surface area contributed by atoms with Crippen LogP contribution in [0.25, 0.3) is 0 Å². The fraction of sp³-hybridized carbons (Fsp3) is 0.692. The molecule has 1 heterocycles. The van der Waals surface area contributed by atoms with Crippen molar-refractivity contribution >= 4 is 30.7 Å². The molecule has 1 aromatic rings. The number of carbonyl (C=O) groups is 1. The first-order valence-electron chi connectivity index (χ1n) is 6.68. The third-order valence-electron chi connectivity index (χ3n) is 3.66. The van der Waals surface area contributed by atoms with Gasteiger partial charge in [-0.25, -0.2) is 4.98 Å². The van der Waals surface area contributed by atoms with Crippen LogP contribution in [0, 0.1) is 12.8 Å². The van der Waals surface area contributed by atoms with Gasteiger partial charge in [0, 0.05) is 37.4 Å². The van der Waals surface area contributed by atoms with E-state index in [1.165, 1.54) is 0 Å². The number of amides is 1. The Bertz CT molecular complexity index is 411. The maximum atomic E-state index is 12.0. The van der Waals surface area contributed by atoms with Crippen LogP contribution in [0.3, 0.4) is 0 Å². The van der Waals surface area contributed by atoms with Crippen molar-refractivity contribution in [2.24, 2.45) is 11.7 Å². The third kappa shape index (κ3) is 5.31. The number of nitrogens with zero attached hydrogens (tertiary/aromatic N) is 2. The van der Waals surface area contributed by atoms with Gasteiger partial charge in [-0.3, -0.25) is 4.79 Å². The Morgan fingerprint density at radius 3 is 2.85 bits per heavy atom. The monoisotopic (exact) mass is 322 g/mol. The molecule has 1 saturated carbocycles. The zero-order chi connectivity index (χ0) is 13.0. The first-order chi connectivity index (χ1) is 8.66. The Hall–Kier alpha value is -0.780. The number of imidazole rings is 1. The minimum Gasteiger partial charge on any atom is -0.354 e. The van der Waals surface area contributed by atoms with Crippen LogP contribution in [0.5, 0.6) is 0 Å². The van der Waals surface area contributed by atoms with Gasteiger partial charge in [0.1, 0.15) is 5.82 Å². The summed E-state index contributed by atoms with van der Waals surface area (Å²) in [5.74, 6) is 1.24. The standard InChI is InChI=1S/C13H22N4O.2ClH/c1-10-15-5-7-17(10)8-6-16-13(18)11-3-2-4-12(14)9-11;;/h5,7,11-12H,2-4,6,8-9,14H2,1H3,(H,16,18);2*1H. The van der Waals surface area contributed by atoms with Crippen LogP contribution in [0.1, 0.15) is 31.5 Å². The molecule has 3 N–H and O–H groups in total. The molecule has 0 bridgehead atoms. The number of rotatable bonds is 4. The zero-order valence-corrected chi connectivity index (χ0v) is 13.4. The summed E-state index contributed by atoms with van der Waals surface area (Å²) in [5.41, 5.74) is 5.90. The van der Waals surface area contributed by atoms with Crippen molar-refractivity contribution in [3.05, 3.63) is 18.2 Å². The van der Waals surface area contributed by atoms with Crippen molar-refractivity contribution in [3.63, 3.8) is 0 Å². The van der Waals surface area contributed by atoms with Crippen molar-refractivity contribution in [3.8, 4) is 0 Å². The van der Waals surface area contributed by atoms with E-state index in [1.807, 2.05) is 17.7 Å². The second kappa shape index (κ2) is 9.21. The summed E-state index contributed by atoms with van der Waals surface area (Å²) in [7, 11) is 0. The van der Waals surface area contributed by atoms with Crippen LogP contribution in [-0.2, 0) is 11.3 Å². The normalized spacial score (nSPS) is 21.5. The minimum absolute atomic E-state index is 0. The second-order valence-electron chi connectivity index (χ2n) is 5.08. The number of nitrogens with two attached hydrogens (primary N) is 1. The maximum Gasteiger partial charge on any atom is 0.223 e. The van der Waals surface area contributed by atoms with Gasteiger partial charge >= 0.3 is 0 Å². The number of aromatic nitrogens is 2. The van der Waals surface area contributed by atoms with E-state index in [0.29, 0.717) is 6.54 Å². The number of hydrogen-bond donors (Lipinski definition) is 2. The molecule has 1 fully saturated rings. The van der Waals surface area contributed by atoms with Crippen LogP contribution in [-0.4, -0.2) is 28.0 Å². The van der Waals surface area contributed by atoms with Crippen molar-refractivity contribution in [1.82, 2.24) is 14.9 Å². The zero-order valence-electron chi connectivity index (χ0n) is 11.7. The first-order valence-corrected chi connectivity index (χ1v) is 6.68. The summed E-state index contributed by atoms with van der Waals surface area (Å²) in [4.78, 5) is 16.1. The van der Waals surface area contributed by atoms with Gasteiger partial charge in [0.05, 0.1) is 0 Å². The van der Waals surface area contributed by atoms with Gasteiger partial charge in [-0.2, -0.15) is 0 Å². The molecule has 7 heteroatoms. The summed E-state index contributed by atoms with van der Waals surface area (Å²) in [6.07, 6.45) is 7.63. The lowest BCUT2D eigenvalue weighted by Crippen LogP contribution is -2.38. The minimum atomic E-state index is 0. The number of carbonyl (C=O) groups excluding carboxylic acids is 1. The lowest BCUT2D eigenvalue weighted by molar-refractivity contribution is -0.126. The van der Waals surface area contributed by atoms with Gasteiger partial charge in [0.25, 0.3) is 0 Å². The lowest BCUT2D eigenvalue weighted by Gasteiger charge is -2.25. The van der Waals surface area contributed by atoms with Crippen LogP contribution in [0.15, 0.2) is 12.4 Å². The predicted octanol–water partition coefficient (Wildman–Crippen LogP) is 1.67. The highest BCUT2D eigenvalue weighted by atomic mass is 35.5. The highest BCUT2D eigenvalue weighted by Crippen LogP contribution is 2.22. The van der Waals surface area contributed by atoms with E-state index in [9.17, 15) is 4.79 Å². The van der Waals surface area contributed by atoms with E-state index in [1.54, 1.807) is 6.20 Å². The third-order valence-corrected chi connectivity index (χ3v) is 3.66. The molecule has 5 nitrogen and oxygen atoms in total. The quantitative estimate of drug-likeness (QED) is 0.885. The number of nitrogens with one attached hydrogen (secondary N) is 1. The van der Waals surface area contributed by atoms with E-state index < -0.39 is 0 Å². The fourth-order valence-corrected chi connectivity index (χ4v) is 2.55. The van der Waals surface area contributed by atoms with Crippen LogP contribution in [0.4, 0.5) is 0 Å². The summed E-state index contributed by atoms with van der Waals surface area (Å²) in [6.45, 7) is 3.39. The Morgan fingerprint density at radius 2 is 2.25 bits per heavy atom. The molecule has 2 rings (SSSR count). The summed E-state index contributed by atoms with van der Waals surface area (Å²) in [5, 5.41) is 3.00. The van der Waals surface area contributed by atoms with Gasteiger partial charge in [-0.05, 0) is 26.2 Å². The number of halogens is 2. The average Bonchev–Trinajstić information content (AvgIpc) is 2.75. The molecule has 2 unspecified atom stereocenters. The molecular weight excluding hydrogens is 299 g/mol. The number of aryl methyl sites for hydroxylation is 1. The predicted molar refractivity (Wildman–Crippen MR) is 84.4 cm³/mol. The van der Waals surface area contributed by atoms with Crippen molar-refractivity contribution in [2.75, 3.05) is 6.54 Å². The molecule has 1 aliphatic carbocycles. The van der Waals surface area contributed by atoms with Gasteiger partial charge < -0.3 is 15.6 Å². The summed E-state index contributed by atoms with van der Waals surface area (Å²) in [6, 6.07) is 0.199. The lowest BCUT2D eigenvalue weighted by atomic mass is 9.85. The van der Waals surface area contributed by atoms with Crippen LogP contribution >= 0.6 is 24.8 Å². The molecule has 116 valence electrons. The molecule has 0 spiro atoms. The molecule has 0 aliphatic heterocycles. The molecular formula is C13H24Cl2N4O. The van der Waals surface area contributed by atoms with Gasteiger partial charge in [-0.1, -0.05) is 6.42 Å². The van der Waals surface area contributed by atoms with E-state index in [4.69, 9.17) is 5.73 Å². The van der Waals surface area contributed by atoms with E-state index in [2.05, 4.69) is 10.3 Å². The molecule has 0 aromatic carbocycles. The molecule has 0 radical (unpaired) electrons. The van der Waals surface area contributed by atoms with Gasteiger partial charge in [0.15, 0.2) is 0 Å². The second-order valence-corrected chi connectivity index (χ2v) is 5.08. The molecule has 0 saturated heterocycles. The molecule has 1 aromatic heterocycles. The van der Waals surface area contributed by atoms with Gasteiger partial charge in [0.2, 0.25) is 5.91 Å². The maximum absolute atomic E-state index is 12.0. The number of hydrogen-bond acceptors (Lipinski definition) is 3. The van der Waals surface area contributed by atoms with Crippen molar-refractivity contribution in [2.45, 2.75) is 45.2 Å². The van der Waals surface area contributed by atoms with Crippen molar-refractivity contribution in [1.29, 1.82) is 0 Å². The topological polar surface area (TPSA) is 72.9 Å². The van der Waals surface area contributed by atoms with Crippen LogP contribution < -0.4 is 11.1 Å². The Balaban J connectivity index is 0.00000180. The van der Waals surface area contributed by atoms with Crippen molar-refractivity contribution < 1.29 is 4.79 Å². The molecule has 1 aliphatic rings. The molecule has 20 heavy (non-hydrogen) atoms. The SMILES string of the molecule is Cc1nccn1CCNC(=O)C1CCCC(N)C1.Cl.Cl. The Kier molecular flexibility index (Phi) is 8.85. The smallest absolute Gasteiger partial charge is 0.223 e. The Labute approximate surface area is 132 Å². The molecule has 1 amide bonds. The molecule has 2 atom stereocenters. The fourth-order valence-electron chi connectivity index (χ4n) is 2.55. The van der Waals surface area contributed by atoms with E-state index >= 15 is 0 Å². The largest absolute Gasteiger partial charge is 0.354 e. The summed E-state index contributed by atoms with van der Waals surface area (Å²) >= 11 is 0. The highest BCUT2D eigenvalue weighted by molar-refractivity contribution is 5.85. The van der Waals surface area contributed by atoms with E-state index in [0.717, 1.165) is 38.1 Å².